The molecule has 0 unspecified atom stereocenters. The fourth-order valence-electron chi connectivity index (χ4n) is 3.04. The molecule has 0 bridgehead atoms. The van der Waals surface area contributed by atoms with E-state index >= 15 is 0 Å². The largest absolute Gasteiger partial charge is 0.465 e. The molecule has 0 saturated carbocycles. The third-order valence-corrected chi connectivity index (χ3v) is 4.64. The van der Waals surface area contributed by atoms with E-state index in [1.54, 1.807) is 6.08 Å². The number of esters is 1. The lowest BCUT2D eigenvalue weighted by Gasteiger charge is -2.11. The van der Waals surface area contributed by atoms with Crippen LogP contribution in [0.5, 0.6) is 0 Å². The van der Waals surface area contributed by atoms with Gasteiger partial charge in [-0.1, -0.05) is 97.1 Å². The van der Waals surface area contributed by atoms with Crippen LogP contribution in [0.1, 0.15) is 22.3 Å². The van der Waals surface area contributed by atoms with Crippen LogP contribution in [0.2, 0.25) is 0 Å². The number of aryl methyl sites for hydroxylation is 1. The minimum absolute atomic E-state index is 0.400. The molecule has 0 saturated heterocycles. The lowest BCUT2D eigenvalue weighted by molar-refractivity contribution is -0.135. The summed E-state index contributed by atoms with van der Waals surface area (Å²) in [6.07, 6.45) is 3.65. The molecule has 0 heterocycles. The molecule has 3 rings (SSSR count). The maximum atomic E-state index is 12.6. The standard InChI is InChI=1S/C27H24O2/c1-20-14-16-22(17-15-20)21(2)18-25(27(28)29-3)19-26(23-10-6-4-7-11-23)24-12-8-5-9-13-24/h4-19H,2H2,1,3H3/b25-18-. The Kier molecular flexibility index (Phi) is 6.59. The van der Waals surface area contributed by atoms with Gasteiger partial charge in [0.1, 0.15) is 0 Å². The van der Waals surface area contributed by atoms with Crippen molar-refractivity contribution in [2.45, 2.75) is 6.92 Å². The number of carbonyl (C=O) groups excluding carboxylic acids is 1. The molecule has 0 radical (unpaired) electrons. The van der Waals surface area contributed by atoms with Gasteiger partial charge < -0.3 is 4.74 Å². The van der Waals surface area contributed by atoms with E-state index in [0.29, 0.717) is 5.57 Å². The Morgan fingerprint density at radius 2 is 1.28 bits per heavy atom. The van der Waals surface area contributed by atoms with Gasteiger partial charge >= 0.3 is 5.97 Å². The van der Waals surface area contributed by atoms with Gasteiger partial charge in [-0.3, -0.25) is 0 Å². The lowest BCUT2D eigenvalue weighted by Crippen LogP contribution is -2.04. The highest BCUT2D eigenvalue weighted by atomic mass is 16.5. The maximum absolute atomic E-state index is 12.6. The van der Waals surface area contributed by atoms with Gasteiger partial charge in [0, 0.05) is 0 Å². The predicted octanol–water partition coefficient (Wildman–Crippen LogP) is 6.24. The second kappa shape index (κ2) is 9.52. The molecule has 0 amide bonds. The summed E-state index contributed by atoms with van der Waals surface area (Å²) < 4.78 is 5.05. The molecular formula is C27H24O2. The van der Waals surface area contributed by atoms with E-state index < -0.39 is 5.97 Å². The molecule has 3 aromatic carbocycles. The number of allylic oxidation sites excluding steroid dienone is 2. The Morgan fingerprint density at radius 1 is 0.759 bits per heavy atom. The van der Waals surface area contributed by atoms with Gasteiger partial charge in [-0.15, -0.1) is 0 Å². The van der Waals surface area contributed by atoms with Crippen LogP contribution in [0.4, 0.5) is 0 Å². The van der Waals surface area contributed by atoms with Crippen molar-refractivity contribution in [2.24, 2.45) is 0 Å². The Balaban J connectivity index is 2.10. The molecule has 0 aliphatic heterocycles. The van der Waals surface area contributed by atoms with Gasteiger partial charge in [-0.05, 0) is 46.9 Å². The number of ether oxygens (including phenoxy) is 1. The SMILES string of the molecule is C=C(/C=C(/C=C(c1ccccc1)c1ccccc1)C(=O)OC)c1ccc(C)cc1. The van der Waals surface area contributed by atoms with Crippen molar-refractivity contribution in [1.82, 2.24) is 0 Å². The molecule has 144 valence electrons. The van der Waals surface area contributed by atoms with Crippen molar-refractivity contribution >= 4 is 17.1 Å². The summed E-state index contributed by atoms with van der Waals surface area (Å²) in [7, 11) is 1.39. The van der Waals surface area contributed by atoms with Crippen molar-refractivity contribution < 1.29 is 9.53 Å². The summed E-state index contributed by atoms with van der Waals surface area (Å²) >= 11 is 0. The van der Waals surface area contributed by atoms with Gasteiger partial charge in [0.2, 0.25) is 0 Å². The monoisotopic (exact) mass is 380 g/mol. The molecule has 2 nitrogen and oxygen atoms in total. The quantitative estimate of drug-likeness (QED) is 0.287. The zero-order valence-electron chi connectivity index (χ0n) is 16.8. The first-order valence-electron chi connectivity index (χ1n) is 9.47. The smallest absolute Gasteiger partial charge is 0.337 e. The molecular weight excluding hydrogens is 356 g/mol. The van der Waals surface area contributed by atoms with Crippen molar-refractivity contribution in [2.75, 3.05) is 7.11 Å². The molecule has 2 heteroatoms. The van der Waals surface area contributed by atoms with Crippen molar-refractivity contribution in [1.29, 1.82) is 0 Å². The molecule has 0 aliphatic carbocycles. The fraction of sp³-hybridized carbons (Fsp3) is 0.0741. The molecule has 0 aromatic heterocycles. The van der Waals surface area contributed by atoms with E-state index in [2.05, 4.69) is 6.58 Å². The molecule has 0 N–H and O–H groups in total. The predicted molar refractivity (Wildman–Crippen MR) is 120 cm³/mol. The highest BCUT2D eigenvalue weighted by molar-refractivity contribution is 5.98. The average Bonchev–Trinajstić information content (AvgIpc) is 2.77. The first-order valence-corrected chi connectivity index (χ1v) is 9.47. The number of benzene rings is 3. The van der Waals surface area contributed by atoms with E-state index in [0.717, 1.165) is 27.8 Å². The second-order valence-corrected chi connectivity index (χ2v) is 6.77. The summed E-state index contributed by atoms with van der Waals surface area (Å²) in [6.45, 7) is 6.19. The van der Waals surface area contributed by atoms with E-state index in [-0.39, 0.29) is 0 Å². The first kappa shape index (κ1) is 20.1. The van der Waals surface area contributed by atoms with Crippen LogP contribution in [0.15, 0.2) is 109 Å². The summed E-state index contributed by atoms with van der Waals surface area (Å²) in [5.74, 6) is -0.400. The van der Waals surface area contributed by atoms with E-state index in [1.165, 1.54) is 12.7 Å². The minimum Gasteiger partial charge on any atom is -0.465 e. The van der Waals surface area contributed by atoms with Crippen LogP contribution in [0.25, 0.3) is 11.1 Å². The third kappa shape index (κ3) is 5.20. The average molecular weight is 380 g/mol. The highest BCUT2D eigenvalue weighted by Gasteiger charge is 2.12. The molecule has 29 heavy (non-hydrogen) atoms. The van der Waals surface area contributed by atoms with E-state index in [1.807, 2.05) is 97.9 Å². The van der Waals surface area contributed by atoms with Crippen LogP contribution in [-0.4, -0.2) is 13.1 Å². The van der Waals surface area contributed by atoms with E-state index in [4.69, 9.17) is 4.74 Å². The molecule has 3 aromatic rings. The van der Waals surface area contributed by atoms with Crippen LogP contribution in [0.3, 0.4) is 0 Å². The van der Waals surface area contributed by atoms with Crippen molar-refractivity contribution in [3.05, 3.63) is 131 Å². The van der Waals surface area contributed by atoms with Gasteiger partial charge in [0.25, 0.3) is 0 Å². The van der Waals surface area contributed by atoms with Crippen LogP contribution < -0.4 is 0 Å². The lowest BCUT2D eigenvalue weighted by atomic mass is 9.94. The topological polar surface area (TPSA) is 26.3 Å². The zero-order valence-corrected chi connectivity index (χ0v) is 16.8. The molecule has 0 fully saturated rings. The zero-order chi connectivity index (χ0) is 20.6. The number of hydrogen-bond acceptors (Lipinski definition) is 2. The highest BCUT2D eigenvalue weighted by Crippen LogP contribution is 2.26. The molecule has 0 aliphatic rings. The summed E-state index contributed by atoms with van der Waals surface area (Å²) in [6, 6.07) is 28.1. The Hall–Kier alpha value is -3.65. The van der Waals surface area contributed by atoms with Gasteiger partial charge in [0.05, 0.1) is 12.7 Å². The van der Waals surface area contributed by atoms with Crippen LogP contribution in [-0.2, 0) is 9.53 Å². The summed E-state index contributed by atoms with van der Waals surface area (Å²) in [5, 5.41) is 0. The maximum Gasteiger partial charge on any atom is 0.337 e. The van der Waals surface area contributed by atoms with Gasteiger partial charge in [0.15, 0.2) is 0 Å². The Bertz CT molecular complexity index is 999. The molecule has 0 atom stereocenters. The minimum atomic E-state index is -0.400. The number of rotatable bonds is 6. The van der Waals surface area contributed by atoms with Crippen LogP contribution in [0, 0.1) is 6.92 Å². The normalized spacial score (nSPS) is 10.9. The Morgan fingerprint density at radius 3 is 1.76 bits per heavy atom. The fourth-order valence-corrected chi connectivity index (χ4v) is 3.04. The third-order valence-electron chi connectivity index (χ3n) is 4.64. The van der Waals surface area contributed by atoms with Crippen molar-refractivity contribution in [3.63, 3.8) is 0 Å². The summed E-state index contributed by atoms with van der Waals surface area (Å²) in [5.41, 5.74) is 6.33. The van der Waals surface area contributed by atoms with E-state index in [9.17, 15) is 4.79 Å². The molecule has 0 spiro atoms. The number of hydrogen-bond donors (Lipinski definition) is 0. The number of carbonyl (C=O) groups is 1. The second-order valence-electron chi connectivity index (χ2n) is 6.77. The number of methoxy groups -OCH3 is 1. The van der Waals surface area contributed by atoms with Gasteiger partial charge in [-0.25, -0.2) is 4.79 Å². The van der Waals surface area contributed by atoms with Crippen molar-refractivity contribution in [3.8, 4) is 0 Å². The van der Waals surface area contributed by atoms with Gasteiger partial charge in [-0.2, -0.15) is 0 Å². The summed E-state index contributed by atoms with van der Waals surface area (Å²) in [4.78, 5) is 12.6. The van der Waals surface area contributed by atoms with Crippen LogP contribution >= 0.6 is 0 Å². The Labute approximate surface area is 172 Å². The first-order chi connectivity index (χ1) is 14.1.